The zero-order valence-corrected chi connectivity index (χ0v) is 9.76. The molecule has 1 aromatic carbocycles. The van der Waals surface area contributed by atoms with Crippen molar-refractivity contribution in [3.8, 4) is 0 Å². The molecule has 1 rings (SSSR count). The van der Waals surface area contributed by atoms with E-state index >= 15 is 0 Å². The van der Waals surface area contributed by atoms with Crippen molar-refractivity contribution in [3.05, 3.63) is 35.4 Å². The summed E-state index contributed by atoms with van der Waals surface area (Å²) >= 11 is 0. The highest BCUT2D eigenvalue weighted by atomic mass is 19.1. The number of hydrogen-bond acceptors (Lipinski definition) is 2. The van der Waals surface area contributed by atoms with Gasteiger partial charge in [-0.1, -0.05) is 6.07 Å². The summed E-state index contributed by atoms with van der Waals surface area (Å²) in [5.74, 6) is -1.05. The van der Waals surface area contributed by atoms with Crippen molar-refractivity contribution in [2.45, 2.75) is 26.0 Å². The summed E-state index contributed by atoms with van der Waals surface area (Å²) in [6.07, 6.45) is 0.0114. The number of ether oxygens (including phenoxy) is 1. The van der Waals surface area contributed by atoms with Crippen molar-refractivity contribution >= 4 is 0 Å². The molecule has 1 N–H and O–H groups in total. The lowest BCUT2D eigenvalue weighted by Gasteiger charge is -2.18. The Hall–Kier alpha value is -1.00. The van der Waals surface area contributed by atoms with Gasteiger partial charge in [0.05, 0.1) is 6.10 Å². The third kappa shape index (κ3) is 3.25. The number of methoxy groups -OCH3 is 1. The van der Waals surface area contributed by atoms with Crippen LogP contribution in [0.25, 0.3) is 0 Å². The molecular formula is C12H17F2NO. The molecule has 1 aromatic rings. The van der Waals surface area contributed by atoms with Crippen LogP contribution in [0.15, 0.2) is 18.2 Å². The lowest BCUT2D eigenvalue weighted by molar-refractivity contribution is 0.114. The van der Waals surface area contributed by atoms with Crippen LogP contribution in [0, 0.1) is 11.6 Å². The van der Waals surface area contributed by atoms with Gasteiger partial charge in [0.2, 0.25) is 0 Å². The first kappa shape index (κ1) is 13.1. The van der Waals surface area contributed by atoms with E-state index in [1.165, 1.54) is 18.2 Å². The van der Waals surface area contributed by atoms with Gasteiger partial charge in [0.25, 0.3) is 0 Å². The van der Waals surface area contributed by atoms with Gasteiger partial charge in [-0.05, 0) is 26.0 Å². The Morgan fingerprint density at radius 3 is 2.31 bits per heavy atom. The number of nitrogens with one attached hydrogen (secondary N) is 1. The van der Waals surface area contributed by atoms with E-state index in [1.54, 1.807) is 14.0 Å². The SMILES string of the molecule is COC(C)CNC(C)c1c(F)cccc1F. The average molecular weight is 229 g/mol. The van der Waals surface area contributed by atoms with Gasteiger partial charge in [-0.15, -0.1) is 0 Å². The predicted octanol–water partition coefficient (Wildman–Crippen LogP) is 2.65. The molecule has 0 aliphatic heterocycles. The molecule has 90 valence electrons. The minimum Gasteiger partial charge on any atom is -0.380 e. The van der Waals surface area contributed by atoms with Gasteiger partial charge in [0, 0.05) is 25.3 Å². The maximum Gasteiger partial charge on any atom is 0.130 e. The highest BCUT2D eigenvalue weighted by Gasteiger charge is 2.15. The van der Waals surface area contributed by atoms with Crippen molar-refractivity contribution in [1.82, 2.24) is 5.32 Å². The third-order valence-electron chi connectivity index (χ3n) is 2.55. The first-order chi connectivity index (χ1) is 7.56. The molecule has 2 nitrogen and oxygen atoms in total. The summed E-state index contributed by atoms with van der Waals surface area (Å²) in [4.78, 5) is 0. The molecule has 2 atom stereocenters. The van der Waals surface area contributed by atoms with Gasteiger partial charge >= 0.3 is 0 Å². The molecule has 0 saturated heterocycles. The van der Waals surface area contributed by atoms with E-state index in [0.29, 0.717) is 6.54 Å². The van der Waals surface area contributed by atoms with Crippen molar-refractivity contribution in [2.24, 2.45) is 0 Å². The smallest absolute Gasteiger partial charge is 0.130 e. The predicted molar refractivity (Wildman–Crippen MR) is 59.2 cm³/mol. The first-order valence-corrected chi connectivity index (χ1v) is 5.26. The maximum absolute atomic E-state index is 13.4. The topological polar surface area (TPSA) is 21.3 Å². The van der Waals surface area contributed by atoms with Crippen LogP contribution in [0.5, 0.6) is 0 Å². The first-order valence-electron chi connectivity index (χ1n) is 5.26. The van der Waals surface area contributed by atoms with Gasteiger partial charge in [0.15, 0.2) is 0 Å². The zero-order chi connectivity index (χ0) is 12.1. The Morgan fingerprint density at radius 1 is 1.25 bits per heavy atom. The molecular weight excluding hydrogens is 212 g/mol. The van der Waals surface area contributed by atoms with Crippen LogP contribution < -0.4 is 5.32 Å². The molecule has 2 unspecified atom stereocenters. The summed E-state index contributed by atoms with van der Waals surface area (Å²) in [5.41, 5.74) is 0.0748. The van der Waals surface area contributed by atoms with E-state index in [2.05, 4.69) is 5.32 Å². The van der Waals surface area contributed by atoms with E-state index in [4.69, 9.17) is 4.74 Å². The Labute approximate surface area is 94.6 Å². The second-order valence-corrected chi connectivity index (χ2v) is 3.81. The Kier molecular flexibility index (Phi) is 4.83. The van der Waals surface area contributed by atoms with Crippen LogP contribution in [0.2, 0.25) is 0 Å². The Bertz CT molecular complexity index is 324. The minimum atomic E-state index is -0.523. The van der Waals surface area contributed by atoms with E-state index in [9.17, 15) is 8.78 Å². The average Bonchev–Trinajstić information content (AvgIpc) is 2.25. The van der Waals surface area contributed by atoms with Gasteiger partial charge in [0.1, 0.15) is 11.6 Å². The van der Waals surface area contributed by atoms with Gasteiger partial charge < -0.3 is 10.1 Å². The molecule has 0 fully saturated rings. The molecule has 0 bridgehead atoms. The van der Waals surface area contributed by atoms with E-state index < -0.39 is 11.6 Å². The molecule has 0 aliphatic carbocycles. The van der Waals surface area contributed by atoms with Crippen LogP contribution in [0.4, 0.5) is 8.78 Å². The lowest BCUT2D eigenvalue weighted by Crippen LogP contribution is -2.29. The molecule has 0 aromatic heterocycles. The highest BCUT2D eigenvalue weighted by Crippen LogP contribution is 2.19. The van der Waals surface area contributed by atoms with Crippen molar-refractivity contribution < 1.29 is 13.5 Å². The van der Waals surface area contributed by atoms with Gasteiger partial charge in [-0.2, -0.15) is 0 Å². The van der Waals surface area contributed by atoms with Gasteiger partial charge in [-0.3, -0.25) is 0 Å². The Morgan fingerprint density at radius 2 is 1.81 bits per heavy atom. The van der Waals surface area contributed by atoms with Crippen molar-refractivity contribution in [3.63, 3.8) is 0 Å². The fourth-order valence-corrected chi connectivity index (χ4v) is 1.45. The molecule has 4 heteroatoms. The number of rotatable bonds is 5. The number of hydrogen-bond donors (Lipinski definition) is 1. The van der Waals surface area contributed by atoms with E-state index in [1.807, 2.05) is 6.92 Å². The fourth-order valence-electron chi connectivity index (χ4n) is 1.45. The lowest BCUT2D eigenvalue weighted by atomic mass is 10.1. The van der Waals surface area contributed by atoms with Gasteiger partial charge in [-0.25, -0.2) is 8.78 Å². The zero-order valence-electron chi connectivity index (χ0n) is 9.76. The second-order valence-electron chi connectivity index (χ2n) is 3.81. The molecule has 0 heterocycles. The van der Waals surface area contributed by atoms with Crippen LogP contribution in [-0.4, -0.2) is 19.8 Å². The maximum atomic E-state index is 13.4. The molecule has 0 saturated carbocycles. The largest absolute Gasteiger partial charge is 0.380 e. The normalized spacial score (nSPS) is 14.8. The summed E-state index contributed by atoms with van der Waals surface area (Å²) in [6.45, 7) is 4.16. The van der Waals surface area contributed by atoms with Crippen LogP contribution in [0.1, 0.15) is 25.5 Å². The third-order valence-corrected chi connectivity index (χ3v) is 2.55. The molecule has 0 aliphatic rings. The summed E-state index contributed by atoms with van der Waals surface area (Å²) in [5, 5.41) is 3.03. The van der Waals surface area contributed by atoms with Crippen LogP contribution in [-0.2, 0) is 4.74 Å². The van der Waals surface area contributed by atoms with Crippen LogP contribution >= 0.6 is 0 Å². The minimum absolute atomic E-state index is 0.0114. The van der Waals surface area contributed by atoms with Crippen molar-refractivity contribution in [2.75, 3.05) is 13.7 Å². The Balaban J connectivity index is 2.69. The monoisotopic (exact) mass is 229 g/mol. The van der Waals surface area contributed by atoms with Crippen LogP contribution in [0.3, 0.4) is 0 Å². The quantitative estimate of drug-likeness (QED) is 0.838. The molecule has 16 heavy (non-hydrogen) atoms. The van der Waals surface area contributed by atoms with E-state index in [0.717, 1.165) is 0 Å². The molecule has 0 radical (unpaired) electrons. The van der Waals surface area contributed by atoms with Crippen molar-refractivity contribution in [1.29, 1.82) is 0 Å². The highest BCUT2D eigenvalue weighted by molar-refractivity contribution is 5.22. The standard InChI is InChI=1S/C12H17F2NO/c1-8(16-3)7-15-9(2)12-10(13)5-4-6-11(12)14/h4-6,8-9,15H,7H2,1-3H3. The van der Waals surface area contributed by atoms with E-state index in [-0.39, 0.29) is 17.7 Å². The fraction of sp³-hybridized carbons (Fsp3) is 0.500. The summed E-state index contributed by atoms with van der Waals surface area (Å²) in [6, 6.07) is 3.50. The number of halogens is 2. The summed E-state index contributed by atoms with van der Waals surface area (Å²) in [7, 11) is 1.60. The summed E-state index contributed by atoms with van der Waals surface area (Å²) < 4.78 is 31.8. The molecule has 0 amide bonds. The molecule has 0 spiro atoms. The number of benzene rings is 1. The second kappa shape index (κ2) is 5.92.